The van der Waals surface area contributed by atoms with Gasteiger partial charge in [-0.1, -0.05) is 98.9 Å². The van der Waals surface area contributed by atoms with Gasteiger partial charge in [0.25, 0.3) is 0 Å². The number of rotatable bonds is 5. The Bertz CT molecular complexity index is 968. The van der Waals surface area contributed by atoms with Gasteiger partial charge in [0.2, 0.25) is 0 Å². The minimum Gasteiger partial charge on any atom is -0.0877 e. The van der Waals surface area contributed by atoms with Crippen molar-refractivity contribution in [3.8, 4) is 0 Å². The molecule has 0 nitrogen and oxygen atoms in total. The summed E-state index contributed by atoms with van der Waals surface area (Å²) in [4.78, 5) is 0. The molecule has 29 heavy (non-hydrogen) atoms. The largest absolute Gasteiger partial charge is 0.0877 e. The summed E-state index contributed by atoms with van der Waals surface area (Å²) in [6.45, 7) is 6.82. The van der Waals surface area contributed by atoms with Crippen LogP contribution in [0.1, 0.15) is 52.0 Å². The van der Waals surface area contributed by atoms with Gasteiger partial charge in [-0.2, -0.15) is 0 Å². The molecular weight excluding hydrogens is 348 g/mol. The molecule has 0 fully saturated rings. The molecule has 3 aliphatic carbocycles. The van der Waals surface area contributed by atoms with Crippen LogP contribution in [0.4, 0.5) is 0 Å². The first-order valence-electron chi connectivity index (χ1n) is 11.0. The van der Waals surface area contributed by atoms with Crippen molar-refractivity contribution in [2.24, 2.45) is 11.3 Å². The molecule has 1 unspecified atom stereocenters. The van der Waals surface area contributed by atoms with Crippen LogP contribution in [0.15, 0.2) is 107 Å². The summed E-state index contributed by atoms with van der Waals surface area (Å²) in [5.41, 5.74) is 9.03. The van der Waals surface area contributed by atoms with E-state index in [2.05, 4.69) is 106 Å². The van der Waals surface area contributed by atoms with Gasteiger partial charge in [0.1, 0.15) is 0 Å². The first-order valence-corrected chi connectivity index (χ1v) is 11.0. The molecule has 1 atom stereocenters. The lowest BCUT2D eigenvalue weighted by molar-refractivity contribution is 0.458. The summed E-state index contributed by atoms with van der Waals surface area (Å²) in [6, 6.07) is 10.9. The Morgan fingerprint density at radius 2 is 1.86 bits per heavy atom. The monoisotopic (exact) mass is 380 g/mol. The van der Waals surface area contributed by atoms with E-state index < -0.39 is 0 Å². The lowest BCUT2D eigenvalue weighted by Gasteiger charge is -2.37. The lowest BCUT2D eigenvalue weighted by atomic mass is 9.67. The molecule has 3 aliphatic rings. The molecule has 0 saturated carbocycles. The molecule has 0 bridgehead atoms. The highest BCUT2D eigenvalue weighted by Gasteiger charge is 2.33. The van der Waals surface area contributed by atoms with Crippen molar-refractivity contribution in [2.75, 3.05) is 0 Å². The fourth-order valence-corrected chi connectivity index (χ4v) is 4.74. The van der Waals surface area contributed by atoms with E-state index in [4.69, 9.17) is 0 Å². The van der Waals surface area contributed by atoms with Crippen LogP contribution in [0, 0.1) is 11.3 Å². The highest BCUT2D eigenvalue weighted by Crippen LogP contribution is 2.49. The molecule has 148 valence electrons. The lowest BCUT2D eigenvalue weighted by Crippen LogP contribution is -2.22. The third kappa shape index (κ3) is 4.08. The number of hydrogen-bond donors (Lipinski definition) is 0. The topological polar surface area (TPSA) is 0 Å². The smallest absolute Gasteiger partial charge is 0.0133 e. The van der Waals surface area contributed by atoms with E-state index in [0.717, 1.165) is 19.3 Å². The van der Waals surface area contributed by atoms with Crippen LogP contribution in [-0.4, -0.2) is 0 Å². The summed E-state index contributed by atoms with van der Waals surface area (Å²) in [5.74, 6) is 0.487. The fraction of sp³-hybridized carbons (Fsp3) is 0.310. The summed E-state index contributed by atoms with van der Waals surface area (Å²) in [7, 11) is 0. The van der Waals surface area contributed by atoms with Crippen LogP contribution in [-0.2, 0) is 0 Å². The first kappa shape index (κ1) is 19.7. The molecule has 0 N–H and O–H groups in total. The van der Waals surface area contributed by atoms with Crippen molar-refractivity contribution in [1.29, 1.82) is 0 Å². The predicted molar refractivity (Wildman–Crippen MR) is 126 cm³/mol. The minimum atomic E-state index is 0.148. The summed E-state index contributed by atoms with van der Waals surface area (Å²) in [5, 5.41) is 0. The summed E-state index contributed by atoms with van der Waals surface area (Å²) in [6.07, 6.45) is 25.3. The number of allylic oxidation sites excluding steroid dienone is 14. The van der Waals surface area contributed by atoms with Crippen molar-refractivity contribution in [3.05, 3.63) is 113 Å². The first-order chi connectivity index (χ1) is 14.1. The van der Waals surface area contributed by atoms with Gasteiger partial charge in [0, 0.05) is 5.92 Å². The molecule has 1 aromatic rings. The second-order valence-electron chi connectivity index (χ2n) is 8.93. The number of hydrogen-bond acceptors (Lipinski definition) is 0. The molecule has 0 saturated heterocycles. The molecule has 0 amide bonds. The van der Waals surface area contributed by atoms with E-state index >= 15 is 0 Å². The quantitative estimate of drug-likeness (QED) is 0.452. The highest BCUT2D eigenvalue weighted by atomic mass is 14.4. The minimum absolute atomic E-state index is 0.148. The Morgan fingerprint density at radius 1 is 1.03 bits per heavy atom. The van der Waals surface area contributed by atoms with E-state index in [-0.39, 0.29) is 5.41 Å². The van der Waals surface area contributed by atoms with E-state index in [1.165, 1.54) is 28.7 Å². The Kier molecular flexibility index (Phi) is 5.72. The van der Waals surface area contributed by atoms with Crippen molar-refractivity contribution in [1.82, 2.24) is 0 Å². The van der Waals surface area contributed by atoms with Gasteiger partial charge in [-0.25, -0.2) is 0 Å². The van der Waals surface area contributed by atoms with Crippen molar-refractivity contribution in [3.63, 3.8) is 0 Å². The molecule has 0 radical (unpaired) electrons. The molecule has 0 heterocycles. The predicted octanol–water partition coefficient (Wildman–Crippen LogP) is 8.15. The molecule has 4 rings (SSSR count). The Labute approximate surface area is 176 Å². The average molecular weight is 381 g/mol. The van der Waals surface area contributed by atoms with Gasteiger partial charge < -0.3 is 0 Å². The third-order valence-electron chi connectivity index (χ3n) is 6.46. The van der Waals surface area contributed by atoms with Gasteiger partial charge in [-0.05, 0) is 71.5 Å². The van der Waals surface area contributed by atoms with Gasteiger partial charge in [0.05, 0.1) is 0 Å². The molecular formula is C29H32. The van der Waals surface area contributed by atoms with Crippen LogP contribution >= 0.6 is 0 Å². The molecule has 0 spiro atoms. The molecule has 1 aromatic carbocycles. The normalized spacial score (nSPS) is 21.8. The standard InChI is InChI=1S/C29H32/c1-4-5-6-12-19-29(2,3)24-17-18-26-27(22-13-8-7-9-14-22)20-23-15-10-11-16-25(23)28(26)21-24/h4-10,12-15,17,20-21,26H,11,16,18-19H2,1-3H3. The van der Waals surface area contributed by atoms with Crippen LogP contribution in [0.25, 0.3) is 5.57 Å². The Morgan fingerprint density at radius 3 is 2.66 bits per heavy atom. The number of fused-ring (bicyclic) bond motifs is 2. The maximum Gasteiger partial charge on any atom is 0.0133 e. The van der Waals surface area contributed by atoms with Crippen LogP contribution < -0.4 is 0 Å². The fourth-order valence-electron chi connectivity index (χ4n) is 4.74. The molecule has 0 aromatic heterocycles. The van der Waals surface area contributed by atoms with E-state index in [1.54, 1.807) is 11.1 Å². The second kappa shape index (κ2) is 8.41. The van der Waals surface area contributed by atoms with E-state index in [9.17, 15) is 0 Å². The Hall–Kier alpha value is -2.60. The van der Waals surface area contributed by atoms with Crippen LogP contribution in [0.5, 0.6) is 0 Å². The van der Waals surface area contributed by atoms with Crippen molar-refractivity contribution in [2.45, 2.75) is 46.5 Å². The maximum atomic E-state index is 2.53. The maximum absolute atomic E-state index is 2.53. The van der Waals surface area contributed by atoms with Crippen molar-refractivity contribution < 1.29 is 0 Å². The average Bonchev–Trinajstić information content (AvgIpc) is 2.76. The highest BCUT2D eigenvalue weighted by molar-refractivity contribution is 5.79. The zero-order valence-electron chi connectivity index (χ0n) is 18.0. The van der Waals surface area contributed by atoms with Gasteiger partial charge >= 0.3 is 0 Å². The molecule has 0 aliphatic heterocycles. The van der Waals surface area contributed by atoms with Gasteiger partial charge in [-0.3, -0.25) is 0 Å². The van der Waals surface area contributed by atoms with Crippen LogP contribution in [0.2, 0.25) is 0 Å². The zero-order valence-corrected chi connectivity index (χ0v) is 18.0. The summed E-state index contributed by atoms with van der Waals surface area (Å²) < 4.78 is 0. The second-order valence-corrected chi connectivity index (χ2v) is 8.93. The SMILES string of the molecule is CC=CC=CCC(C)(C)C1=CCC2C(=C1)C1=C(C=CCC1)C=C2c1ccccc1. The van der Waals surface area contributed by atoms with Crippen molar-refractivity contribution >= 4 is 5.57 Å². The Balaban J connectivity index is 1.71. The van der Waals surface area contributed by atoms with Gasteiger partial charge in [0.15, 0.2) is 0 Å². The van der Waals surface area contributed by atoms with E-state index in [1.807, 2.05) is 0 Å². The van der Waals surface area contributed by atoms with E-state index in [0.29, 0.717) is 5.92 Å². The molecule has 0 heteroatoms. The number of benzene rings is 1. The summed E-state index contributed by atoms with van der Waals surface area (Å²) >= 11 is 0. The zero-order chi connectivity index (χ0) is 20.3. The van der Waals surface area contributed by atoms with Gasteiger partial charge in [-0.15, -0.1) is 0 Å². The van der Waals surface area contributed by atoms with Crippen LogP contribution in [0.3, 0.4) is 0 Å². The third-order valence-corrected chi connectivity index (χ3v) is 6.46.